The summed E-state index contributed by atoms with van der Waals surface area (Å²) in [6.07, 6.45) is -0.340. The predicted molar refractivity (Wildman–Crippen MR) is 60.3 cm³/mol. The second-order valence-electron chi connectivity index (χ2n) is 3.44. The molecule has 4 N–H and O–H groups in total. The molecule has 1 aromatic carbocycles. The smallest absolute Gasteiger partial charge is 0.321 e. The highest BCUT2D eigenvalue weighted by Crippen LogP contribution is 2.14. The number of Topliss-reactive ketones (excluding diaryl/α,β-unsaturated/α-hetero) is 1. The Hall–Kier alpha value is -1.95. The summed E-state index contributed by atoms with van der Waals surface area (Å²) in [5, 5.41) is 10.8. The van der Waals surface area contributed by atoms with Gasteiger partial charge in [-0.05, 0) is 12.1 Å². The minimum Gasteiger partial charge on any atom is -0.480 e. The fraction of sp³-hybridized carbons (Fsp3) is 0.273. The normalized spacial score (nSPS) is 12.1. The minimum absolute atomic E-state index is 0.249. The maximum absolute atomic E-state index is 12.0. The number of nitrogen functional groups attached to an aromatic ring is 1. The number of carboxylic acid groups (broad SMARTS) is 1. The Bertz CT molecular complexity index is 423. The van der Waals surface area contributed by atoms with Crippen molar-refractivity contribution in [3.63, 3.8) is 0 Å². The Labute approximate surface area is 97.4 Å². The zero-order valence-electron chi connectivity index (χ0n) is 9.02. The van der Waals surface area contributed by atoms with Crippen LogP contribution in [0.2, 0.25) is 0 Å². The molecular formula is C11H13FN2O3. The van der Waals surface area contributed by atoms with Crippen molar-refractivity contribution in [1.29, 1.82) is 0 Å². The number of nitrogens with two attached hydrogens (primary N) is 1. The third-order valence-corrected chi connectivity index (χ3v) is 2.27. The number of carboxylic acids is 1. The van der Waals surface area contributed by atoms with E-state index in [-0.39, 0.29) is 17.7 Å². The fourth-order valence-corrected chi connectivity index (χ4v) is 1.39. The van der Waals surface area contributed by atoms with Crippen molar-refractivity contribution in [3.05, 3.63) is 29.8 Å². The molecule has 0 saturated heterocycles. The van der Waals surface area contributed by atoms with Crippen LogP contribution >= 0.6 is 0 Å². The summed E-state index contributed by atoms with van der Waals surface area (Å²) in [6, 6.07) is 5.10. The maximum Gasteiger partial charge on any atom is 0.321 e. The zero-order valence-corrected chi connectivity index (χ0v) is 9.02. The van der Waals surface area contributed by atoms with Crippen LogP contribution in [-0.2, 0) is 4.79 Å². The van der Waals surface area contributed by atoms with Crippen LogP contribution in [0.5, 0.6) is 0 Å². The summed E-state index contributed by atoms with van der Waals surface area (Å²) in [5.74, 6) is -1.71. The van der Waals surface area contributed by atoms with E-state index in [0.29, 0.717) is 0 Å². The monoisotopic (exact) mass is 240 g/mol. The summed E-state index contributed by atoms with van der Waals surface area (Å²) < 4.78 is 12.0. The molecule has 0 radical (unpaired) electrons. The molecule has 1 rings (SSSR count). The fourth-order valence-electron chi connectivity index (χ4n) is 1.39. The molecule has 0 heterocycles. The van der Waals surface area contributed by atoms with E-state index in [1.165, 1.54) is 6.07 Å². The van der Waals surface area contributed by atoms with E-state index in [4.69, 9.17) is 10.8 Å². The highest BCUT2D eigenvalue weighted by Gasteiger charge is 2.22. The van der Waals surface area contributed by atoms with Crippen molar-refractivity contribution >= 4 is 17.4 Å². The molecule has 0 amide bonds. The quantitative estimate of drug-likeness (QED) is 0.389. The SMILES string of the molecule is Nc1ccccc1C(=O)C[C@H](NCF)C(=O)O. The van der Waals surface area contributed by atoms with Crippen molar-refractivity contribution in [2.24, 2.45) is 0 Å². The van der Waals surface area contributed by atoms with Crippen LogP contribution in [0.1, 0.15) is 16.8 Å². The van der Waals surface area contributed by atoms with Crippen LogP contribution in [0, 0.1) is 0 Å². The third-order valence-electron chi connectivity index (χ3n) is 2.27. The molecule has 0 saturated carbocycles. The van der Waals surface area contributed by atoms with Crippen molar-refractivity contribution in [2.75, 3.05) is 12.5 Å². The molecule has 0 aliphatic heterocycles. The standard InChI is InChI=1S/C11H13FN2O3/c12-6-14-9(11(16)17)5-10(15)7-3-1-2-4-8(7)13/h1-4,9,14H,5-6,13H2,(H,16,17)/t9-/m0/s1. The second kappa shape index (κ2) is 5.95. The lowest BCUT2D eigenvalue weighted by Gasteiger charge is -2.11. The lowest BCUT2D eigenvalue weighted by atomic mass is 10.0. The van der Waals surface area contributed by atoms with Crippen LogP contribution in [-0.4, -0.2) is 29.7 Å². The molecule has 0 aliphatic rings. The molecule has 5 nitrogen and oxygen atoms in total. The number of rotatable bonds is 6. The van der Waals surface area contributed by atoms with E-state index < -0.39 is 24.6 Å². The van der Waals surface area contributed by atoms with Gasteiger partial charge in [0.1, 0.15) is 12.8 Å². The average molecular weight is 240 g/mol. The summed E-state index contributed by atoms with van der Waals surface area (Å²) in [4.78, 5) is 22.5. The van der Waals surface area contributed by atoms with Gasteiger partial charge in [-0.1, -0.05) is 12.1 Å². The first-order valence-electron chi connectivity index (χ1n) is 4.96. The molecule has 17 heavy (non-hydrogen) atoms. The number of carbonyl (C=O) groups excluding carboxylic acids is 1. The first-order valence-corrected chi connectivity index (χ1v) is 4.96. The summed E-state index contributed by atoms with van der Waals surface area (Å²) in [6.45, 7) is -1.01. The number of alkyl halides is 1. The molecule has 92 valence electrons. The van der Waals surface area contributed by atoms with Gasteiger partial charge in [-0.15, -0.1) is 0 Å². The third kappa shape index (κ3) is 3.53. The van der Waals surface area contributed by atoms with Crippen molar-refractivity contribution in [3.8, 4) is 0 Å². The Morgan fingerprint density at radius 3 is 2.59 bits per heavy atom. The highest BCUT2D eigenvalue weighted by molar-refractivity contribution is 6.02. The van der Waals surface area contributed by atoms with Crippen LogP contribution in [0.4, 0.5) is 10.1 Å². The van der Waals surface area contributed by atoms with Gasteiger partial charge >= 0.3 is 5.97 Å². The van der Waals surface area contributed by atoms with Gasteiger partial charge in [-0.25, -0.2) is 4.39 Å². The Morgan fingerprint density at radius 1 is 1.41 bits per heavy atom. The number of halogens is 1. The Balaban J connectivity index is 2.77. The van der Waals surface area contributed by atoms with Gasteiger partial charge in [0, 0.05) is 17.7 Å². The molecule has 0 bridgehead atoms. The van der Waals surface area contributed by atoms with E-state index in [2.05, 4.69) is 5.32 Å². The number of carbonyl (C=O) groups is 2. The number of ketones is 1. The van der Waals surface area contributed by atoms with Gasteiger partial charge in [-0.3, -0.25) is 14.9 Å². The van der Waals surface area contributed by atoms with Crippen molar-refractivity contribution < 1.29 is 19.1 Å². The summed E-state index contributed by atoms with van der Waals surface area (Å²) in [7, 11) is 0. The number of nitrogens with one attached hydrogen (secondary N) is 1. The van der Waals surface area contributed by atoms with Gasteiger partial charge in [0.15, 0.2) is 5.78 Å². The topological polar surface area (TPSA) is 92.4 Å². The molecule has 6 heteroatoms. The first-order chi connectivity index (χ1) is 8.06. The number of benzene rings is 1. The van der Waals surface area contributed by atoms with Crippen LogP contribution in [0.15, 0.2) is 24.3 Å². The number of para-hydroxylation sites is 1. The van der Waals surface area contributed by atoms with Gasteiger partial charge < -0.3 is 10.8 Å². The lowest BCUT2D eigenvalue weighted by Crippen LogP contribution is -2.38. The molecule has 0 aromatic heterocycles. The molecule has 1 aromatic rings. The maximum atomic E-state index is 12.0. The number of hydrogen-bond donors (Lipinski definition) is 3. The van der Waals surface area contributed by atoms with E-state index in [1.54, 1.807) is 18.2 Å². The lowest BCUT2D eigenvalue weighted by molar-refractivity contribution is -0.139. The van der Waals surface area contributed by atoms with E-state index in [0.717, 1.165) is 0 Å². The number of anilines is 1. The second-order valence-corrected chi connectivity index (χ2v) is 3.44. The van der Waals surface area contributed by atoms with Crippen molar-refractivity contribution in [1.82, 2.24) is 5.32 Å². The molecule has 0 unspecified atom stereocenters. The largest absolute Gasteiger partial charge is 0.480 e. The highest BCUT2D eigenvalue weighted by atomic mass is 19.1. The zero-order chi connectivity index (χ0) is 12.8. The van der Waals surface area contributed by atoms with Gasteiger partial charge in [0.05, 0.1) is 0 Å². The van der Waals surface area contributed by atoms with Crippen LogP contribution in [0.25, 0.3) is 0 Å². The van der Waals surface area contributed by atoms with E-state index >= 15 is 0 Å². The minimum atomic E-state index is -1.27. The number of aliphatic carboxylic acids is 1. The summed E-state index contributed by atoms with van der Waals surface area (Å²) >= 11 is 0. The predicted octanol–water partition coefficient (Wildman–Crippen LogP) is 0.811. The average Bonchev–Trinajstić information content (AvgIpc) is 2.28. The first kappa shape index (κ1) is 13.1. The Morgan fingerprint density at radius 2 is 2.06 bits per heavy atom. The van der Waals surface area contributed by atoms with Gasteiger partial charge in [-0.2, -0.15) is 0 Å². The van der Waals surface area contributed by atoms with Crippen LogP contribution < -0.4 is 11.1 Å². The van der Waals surface area contributed by atoms with Crippen molar-refractivity contribution in [2.45, 2.75) is 12.5 Å². The molecule has 0 aliphatic carbocycles. The van der Waals surface area contributed by atoms with E-state index in [9.17, 15) is 14.0 Å². The van der Waals surface area contributed by atoms with Gasteiger partial charge in [0.25, 0.3) is 0 Å². The summed E-state index contributed by atoms with van der Waals surface area (Å²) in [5.41, 5.74) is 6.11. The van der Waals surface area contributed by atoms with Gasteiger partial charge in [0.2, 0.25) is 0 Å². The molecular weight excluding hydrogens is 227 g/mol. The van der Waals surface area contributed by atoms with Crippen LogP contribution in [0.3, 0.4) is 0 Å². The molecule has 1 atom stereocenters. The van der Waals surface area contributed by atoms with E-state index in [1.807, 2.05) is 0 Å². The molecule has 0 fully saturated rings. The number of hydrogen-bond acceptors (Lipinski definition) is 4. The molecule has 0 spiro atoms. The Kier molecular flexibility index (Phi) is 4.59.